The molecule has 2 aliphatic rings. The van der Waals surface area contributed by atoms with E-state index in [1.165, 1.54) is 20.3 Å². The van der Waals surface area contributed by atoms with E-state index >= 15 is 8.78 Å². The number of nitrogens with zero attached hydrogens (tertiary/aromatic N) is 3. The Hall–Kier alpha value is -3.49. The van der Waals surface area contributed by atoms with Crippen LogP contribution in [-0.4, -0.2) is 37.1 Å². The summed E-state index contributed by atoms with van der Waals surface area (Å²) in [4.78, 5) is 32.6. The highest BCUT2D eigenvalue weighted by atomic mass is 19.1. The fourth-order valence-electron chi connectivity index (χ4n) is 4.62. The fraction of sp³-hybridized carbons (Fsp3) is 0.400. The average molecular weight is 472 g/mol. The summed E-state index contributed by atoms with van der Waals surface area (Å²) in [6, 6.07) is 2.30. The molecule has 0 spiro atoms. The predicted octanol–water partition coefficient (Wildman–Crippen LogP) is 4.95. The Morgan fingerprint density at radius 3 is 2.41 bits per heavy atom. The normalized spacial score (nSPS) is 15.9. The molecule has 34 heavy (non-hydrogen) atoms. The van der Waals surface area contributed by atoms with E-state index in [0.717, 1.165) is 36.6 Å². The monoisotopic (exact) mass is 471 g/mol. The molecule has 2 heterocycles. The number of ketones is 1. The van der Waals surface area contributed by atoms with Gasteiger partial charge in [0, 0.05) is 36.0 Å². The fourth-order valence-corrected chi connectivity index (χ4v) is 4.62. The molecule has 180 valence electrons. The van der Waals surface area contributed by atoms with Gasteiger partial charge < -0.3 is 9.47 Å². The SMILES string of the molecule is C=CC(=O)CCc1cc2c(cn1)CN(c1c(F)c(OC)cc(OC)c1F)C(=O)N2C1CCCC1. The largest absolute Gasteiger partial charge is 0.493 e. The number of carbonyl (C=O) groups is 2. The van der Waals surface area contributed by atoms with Crippen LogP contribution < -0.4 is 19.3 Å². The molecule has 1 saturated carbocycles. The van der Waals surface area contributed by atoms with Crippen molar-refractivity contribution in [1.29, 1.82) is 0 Å². The number of amides is 2. The average Bonchev–Trinajstić information content (AvgIpc) is 3.37. The second-order valence-corrected chi connectivity index (χ2v) is 8.41. The predicted molar refractivity (Wildman–Crippen MR) is 124 cm³/mol. The van der Waals surface area contributed by atoms with Crippen molar-refractivity contribution in [2.45, 2.75) is 51.1 Å². The Balaban J connectivity index is 1.79. The summed E-state index contributed by atoms with van der Waals surface area (Å²) in [6.45, 7) is 3.42. The Kier molecular flexibility index (Phi) is 6.81. The Morgan fingerprint density at radius 2 is 1.82 bits per heavy atom. The maximum Gasteiger partial charge on any atom is 0.329 e. The molecule has 0 unspecified atom stereocenters. The van der Waals surface area contributed by atoms with Crippen molar-refractivity contribution in [2.75, 3.05) is 24.0 Å². The number of carbonyl (C=O) groups excluding carboxylic acids is 2. The number of halogens is 2. The lowest BCUT2D eigenvalue weighted by Crippen LogP contribution is -2.52. The topological polar surface area (TPSA) is 72.0 Å². The van der Waals surface area contributed by atoms with Crippen LogP contribution in [0.25, 0.3) is 0 Å². The minimum atomic E-state index is -0.975. The van der Waals surface area contributed by atoms with Gasteiger partial charge in [-0.2, -0.15) is 0 Å². The lowest BCUT2D eigenvalue weighted by atomic mass is 10.0. The van der Waals surface area contributed by atoms with Crippen molar-refractivity contribution >= 4 is 23.2 Å². The number of anilines is 2. The zero-order valence-electron chi connectivity index (χ0n) is 19.3. The molecule has 9 heteroatoms. The van der Waals surface area contributed by atoms with Crippen LogP contribution >= 0.6 is 0 Å². The summed E-state index contributed by atoms with van der Waals surface area (Å²) in [5.41, 5.74) is 1.47. The van der Waals surface area contributed by atoms with Crippen molar-refractivity contribution in [2.24, 2.45) is 0 Å². The molecular weight excluding hydrogens is 444 g/mol. The quantitative estimate of drug-likeness (QED) is 0.509. The smallest absolute Gasteiger partial charge is 0.329 e. The van der Waals surface area contributed by atoms with Gasteiger partial charge in [0.2, 0.25) is 0 Å². The van der Waals surface area contributed by atoms with Crippen molar-refractivity contribution in [3.63, 3.8) is 0 Å². The summed E-state index contributed by atoms with van der Waals surface area (Å²) in [6.07, 6.45) is 7.06. The highest BCUT2D eigenvalue weighted by Gasteiger charge is 2.40. The molecule has 1 aromatic heterocycles. The van der Waals surface area contributed by atoms with Crippen LogP contribution in [0.15, 0.2) is 31.0 Å². The van der Waals surface area contributed by atoms with E-state index in [-0.39, 0.29) is 36.3 Å². The van der Waals surface area contributed by atoms with E-state index in [1.807, 2.05) is 0 Å². The number of methoxy groups -OCH3 is 2. The number of allylic oxidation sites excluding steroid dienone is 1. The summed E-state index contributed by atoms with van der Waals surface area (Å²) in [5, 5.41) is 0. The van der Waals surface area contributed by atoms with E-state index in [1.54, 1.807) is 17.2 Å². The third-order valence-corrected chi connectivity index (χ3v) is 6.41. The Bertz CT molecular complexity index is 1100. The van der Waals surface area contributed by atoms with E-state index < -0.39 is 23.4 Å². The molecule has 0 atom stereocenters. The minimum Gasteiger partial charge on any atom is -0.493 e. The van der Waals surface area contributed by atoms with Gasteiger partial charge >= 0.3 is 6.03 Å². The number of aromatic nitrogens is 1. The molecule has 0 radical (unpaired) electrons. The van der Waals surface area contributed by atoms with Crippen LogP contribution in [0.5, 0.6) is 11.5 Å². The standard InChI is InChI=1S/C25H27F2N3O4/c1-4-18(31)10-9-16-11-19-15(13-28-16)14-29(25(32)30(19)17-7-5-6-8-17)24-22(26)20(33-2)12-21(34-3)23(24)27/h4,11-13,17H,1,5-10,14H2,2-3H3. The number of hydrogen-bond acceptors (Lipinski definition) is 5. The van der Waals surface area contributed by atoms with Crippen molar-refractivity contribution < 1.29 is 27.8 Å². The second-order valence-electron chi connectivity index (χ2n) is 8.41. The molecule has 0 N–H and O–H groups in total. The third-order valence-electron chi connectivity index (χ3n) is 6.41. The Labute approximate surface area is 197 Å². The van der Waals surface area contributed by atoms with Gasteiger partial charge in [-0.15, -0.1) is 0 Å². The van der Waals surface area contributed by atoms with Gasteiger partial charge in [-0.1, -0.05) is 19.4 Å². The number of benzene rings is 1. The zero-order chi connectivity index (χ0) is 24.4. The van der Waals surface area contributed by atoms with Crippen molar-refractivity contribution in [3.8, 4) is 11.5 Å². The lowest BCUT2D eigenvalue weighted by Gasteiger charge is -2.40. The number of rotatable bonds is 8. The molecule has 0 saturated heterocycles. The summed E-state index contributed by atoms with van der Waals surface area (Å²) in [5.74, 6) is -2.49. The van der Waals surface area contributed by atoms with Gasteiger partial charge in [-0.05, 0) is 31.4 Å². The first-order valence-electron chi connectivity index (χ1n) is 11.2. The highest BCUT2D eigenvalue weighted by molar-refractivity contribution is 6.07. The molecule has 0 bridgehead atoms. The van der Waals surface area contributed by atoms with Gasteiger partial charge in [0.1, 0.15) is 5.69 Å². The first-order chi connectivity index (χ1) is 16.4. The van der Waals surface area contributed by atoms with Crippen LogP contribution in [0.2, 0.25) is 0 Å². The molecule has 4 rings (SSSR count). The van der Waals surface area contributed by atoms with Crippen LogP contribution in [0.1, 0.15) is 43.4 Å². The van der Waals surface area contributed by atoms with E-state index in [9.17, 15) is 9.59 Å². The van der Waals surface area contributed by atoms with E-state index in [0.29, 0.717) is 23.4 Å². The first kappa shape index (κ1) is 23.7. The number of hydrogen-bond donors (Lipinski definition) is 0. The molecule has 1 aliphatic heterocycles. The molecule has 2 amide bonds. The Morgan fingerprint density at radius 1 is 1.18 bits per heavy atom. The molecule has 2 aromatic rings. The molecular formula is C25H27F2N3O4. The van der Waals surface area contributed by atoms with Crippen LogP contribution in [-0.2, 0) is 17.8 Å². The maximum absolute atomic E-state index is 15.3. The number of aryl methyl sites for hydroxylation is 1. The van der Waals surface area contributed by atoms with Crippen molar-refractivity contribution in [3.05, 3.63) is 53.9 Å². The van der Waals surface area contributed by atoms with E-state index in [2.05, 4.69) is 11.6 Å². The molecule has 7 nitrogen and oxygen atoms in total. The van der Waals surface area contributed by atoms with Gasteiger partial charge in [0.25, 0.3) is 0 Å². The summed E-state index contributed by atoms with van der Waals surface area (Å²) < 4.78 is 40.7. The van der Waals surface area contributed by atoms with Crippen LogP contribution in [0.3, 0.4) is 0 Å². The van der Waals surface area contributed by atoms with E-state index in [4.69, 9.17) is 9.47 Å². The molecule has 1 aliphatic carbocycles. The summed E-state index contributed by atoms with van der Waals surface area (Å²) >= 11 is 0. The van der Waals surface area contributed by atoms with Crippen LogP contribution in [0, 0.1) is 11.6 Å². The van der Waals surface area contributed by atoms with Gasteiger partial charge in [0.15, 0.2) is 28.9 Å². The van der Waals surface area contributed by atoms with Gasteiger partial charge in [-0.25, -0.2) is 13.6 Å². The zero-order valence-corrected chi connectivity index (χ0v) is 19.3. The minimum absolute atomic E-state index is 0.0690. The second kappa shape index (κ2) is 9.79. The highest BCUT2D eigenvalue weighted by Crippen LogP contribution is 2.42. The number of pyridine rings is 1. The molecule has 1 aromatic carbocycles. The van der Waals surface area contributed by atoms with Gasteiger partial charge in [0.05, 0.1) is 26.5 Å². The molecule has 1 fully saturated rings. The summed E-state index contributed by atoms with van der Waals surface area (Å²) in [7, 11) is 2.53. The number of fused-ring (bicyclic) bond motifs is 1. The maximum atomic E-state index is 15.3. The number of urea groups is 1. The van der Waals surface area contributed by atoms with Crippen molar-refractivity contribution in [1.82, 2.24) is 4.98 Å². The first-order valence-corrected chi connectivity index (χ1v) is 11.2. The van der Waals surface area contributed by atoms with Gasteiger partial charge in [-0.3, -0.25) is 19.6 Å². The lowest BCUT2D eigenvalue weighted by molar-refractivity contribution is -0.114. The third kappa shape index (κ3) is 4.22. The van der Waals surface area contributed by atoms with Crippen LogP contribution in [0.4, 0.5) is 25.0 Å². The number of ether oxygens (including phenoxy) is 2.